The van der Waals surface area contributed by atoms with E-state index in [2.05, 4.69) is 4.98 Å². The number of pyridine rings is 1. The predicted molar refractivity (Wildman–Crippen MR) is 164 cm³/mol. The molecule has 4 aromatic rings. The largest absolute Gasteiger partial charge is 0.497 e. The average Bonchev–Trinajstić information content (AvgIpc) is 2.99. The van der Waals surface area contributed by atoms with Crippen LogP contribution in [0.15, 0.2) is 60.3 Å². The Balaban J connectivity index is 1.38. The zero-order chi connectivity index (χ0) is 31.2. The van der Waals surface area contributed by atoms with E-state index in [1.165, 1.54) is 18.3 Å². The summed E-state index contributed by atoms with van der Waals surface area (Å²) in [4.78, 5) is 18.7. The van der Waals surface area contributed by atoms with Crippen molar-refractivity contribution in [2.24, 2.45) is 0 Å². The van der Waals surface area contributed by atoms with Gasteiger partial charge in [0.15, 0.2) is 5.82 Å². The minimum absolute atomic E-state index is 0.00325. The third-order valence-corrected chi connectivity index (χ3v) is 7.89. The summed E-state index contributed by atoms with van der Waals surface area (Å²) < 4.78 is 54.6. The molecule has 0 saturated carbocycles. The second kappa shape index (κ2) is 11.6. The van der Waals surface area contributed by atoms with Gasteiger partial charge < -0.3 is 23.8 Å². The van der Waals surface area contributed by atoms with Crippen LogP contribution in [-0.2, 0) is 11.3 Å². The number of benzene rings is 3. The molecule has 44 heavy (non-hydrogen) atoms. The van der Waals surface area contributed by atoms with Crippen molar-refractivity contribution in [2.75, 3.05) is 26.8 Å². The molecule has 0 radical (unpaired) electrons. The molecule has 0 aliphatic carbocycles. The smallest absolute Gasteiger partial charge is 0.410 e. The van der Waals surface area contributed by atoms with Crippen LogP contribution in [0, 0.1) is 11.6 Å². The van der Waals surface area contributed by atoms with E-state index in [-0.39, 0.29) is 40.6 Å². The van der Waals surface area contributed by atoms with Crippen LogP contribution in [0.1, 0.15) is 38.3 Å². The van der Waals surface area contributed by atoms with Crippen LogP contribution in [0.4, 0.5) is 13.6 Å². The Hall–Kier alpha value is -4.37. The van der Waals surface area contributed by atoms with Crippen LogP contribution in [0.3, 0.4) is 0 Å². The number of aromatic nitrogens is 1. The summed E-state index contributed by atoms with van der Waals surface area (Å²) in [6.07, 6.45) is 1.59. The standard InChI is InChI=1S/C34H31ClF2N2O5/c1-34(2,3)44-33(40)39-13-12-22-20(16-39)18-43-27-15-38-32-23(28(22)27)14-24(35)29(31(32)37)30-25(36)6-5-7-26(30)42-17-19-8-10-21(41-4)11-9-19/h5-11,14-15H,12-13,16-18H2,1-4H3. The van der Waals surface area contributed by atoms with E-state index < -0.39 is 23.3 Å². The molecule has 3 heterocycles. The maximum atomic E-state index is 16.4. The second-order valence-electron chi connectivity index (χ2n) is 11.7. The van der Waals surface area contributed by atoms with E-state index in [1.54, 1.807) is 36.3 Å². The summed E-state index contributed by atoms with van der Waals surface area (Å²) in [5.74, 6) is -0.116. The zero-order valence-electron chi connectivity index (χ0n) is 24.8. The van der Waals surface area contributed by atoms with E-state index in [1.807, 2.05) is 32.9 Å². The van der Waals surface area contributed by atoms with E-state index in [0.717, 1.165) is 16.7 Å². The third kappa shape index (κ3) is 5.64. The van der Waals surface area contributed by atoms with E-state index in [0.29, 0.717) is 42.0 Å². The molecule has 1 aromatic heterocycles. The first-order valence-corrected chi connectivity index (χ1v) is 14.6. The van der Waals surface area contributed by atoms with Gasteiger partial charge in [0.2, 0.25) is 0 Å². The quantitative estimate of drug-likeness (QED) is 0.224. The molecular weight excluding hydrogens is 590 g/mol. The number of carbonyl (C=O) groups is 1. The van der Waals surface area contributed by atoms with Gasteiger partial charge in [-0.25, -0.2) is 18.6 Å². The maximum absolute atomic E-state index is 16.4. The Bertz CT molecular complexity index is 1800. The van der Waals surface area contributed by atoms with Gasteiger partial charge in [-0.1, -0.05) is 29.8 Å². The van der Waals surface area contributed by atoms with Crippen molar-refractivity contribution in [3.63, 3.8) is 0 Å². The van der Waals surface area contributed by atoms with Gasteiger partial charge in [0, 0.05) is 29.6 Å². The molecule has 10 heteroatoms. The lowest BCUT2D eigenvalue weighted by Gasteiger charge is -2.35. The second-order valence-corrected chi connectivity index (χ2v) is 12.1. The lowest BCUT2D eigenvalue weighted by Crippen LogP contribution is -2.42. The first kappa shape index (κ1) is 29.7. The molecule has 6 rings (SSSR count). The van der Waals surface area contributed by atoms with Gasteiger partial charge in [-0.05, 0) is 74.2 Å². The molecule has 0 bridgehead atoms. The Morgan fingerprint density at radius 3 is 2.59 bits per heavy atom. The highest BCUT2D eigenvalue weighted by molar-refractivity contribution is 6.34. The number of methoxy groups -OCH3 is 1. The maximum Gasteiger partial charge on any atom is 0.410 e. The van der Waals surface area contributed by atoms with Gasteiger partial charge >= 0.3 is 6.09 Å². The highest BCUT2D eigenvalue weighted by Crippen LogP contribution is 2.46. The number of hydrogen-bond acceptors (Lipinski definition) is 6. The van der Waals surface area contributed by atoms with Crippen LogP contribution >= 0.6 is 11.6 Å². The molecule has 0 atom stereocenters. The Morgan fingerprint density at radius 2 is 1.86 bits per heavy atom. The number of ether oxygens (including phenoxy) is 4. The number of amides is 1. The third-order valence-electron chi connectivity index (χ3n) is 7.59. The van der Waals surface area contributed by atoms with Gasteiger partial charge in [-0.2, -0.15) is 0 Å². The molecule has 1 amide bonds. The van der Waals surface area contributed by atoms with Gasteiger partial charge in [-0.15, -0.1) is 0 Å². The highest BCUT2D eigenvalue weighted by atomic mass is 35.5. The molecule has 7 nitrogen and oxygen atoms in total. The number of halogens is 3. The molecule has 0 spiro atoms. The highest BCUT2D eigenvalue weighted by Gasteiger charge is 2.33. The van der Waals surface area contributed by atoms with Gasteiger partial charge in [0.05, 0.1) is 23.9 Å². The normalized spacial score (nSPS) is 14.6. The summed E-state index contributed by atoms with van der Waals surface area (Å²) in [7, 11) is 1.58. The van der Waals surface area contributed by atoms with Crippen LogP contribution in [0.2, 0.25) is 5.02 Å². The summed E-state index contributed by atoms with van der Waals surface area (Å²) in [5, 5.41) is 0.451. The number of nitrogens with zero attached hydrogens (tertiary/aromatic N) is 2. The lowest BCUT2D eigenvalue weighted by atomic mass is 9.88. The minimum Gasteiger partial charge on any atom is -0.497 e. The van der Waals surface area contributed by atoms with Crippen molar-refractivity contribution in [2.45, 2.75) is 39.4 Å². The van der Waals surface area contributed by atoms with E-state index in [9.17, 15) is 4.79 Å². The van der Waals surface area contributed by atoms with Crippen molar-refractivity contribution in [1.82, 2.24) is 9.88 Å². The Labute approximate surface area is 258 Å². The number of hydrogen-bond donors (Lipinski definition) is 0. The van der Waals surface area contributed by atoms with Crippen LogP contribution in [0.25, 0.3) is 27.6 Å². The molecule has 2 aliphatic heterocycles. The fourth-order valence-corrected chi connectivity index (χ4v) is 5.84. The Morgan fingerprint density at radius 1 is 1.09 bits per heavy atom. The van der Waals surface area contributed by atoms with Crippen molar-refractivity contribution < 1.29 is 32.5 Å². The lowest BCUT2D eigenvalue weighted by molar-refractivity contribution is 0.0260. The number of rotatable bonds is 5. The first-order chi connectivity index (χ1) is 21.0. The van der Waals surface area contributed by atoms with Crippen molar-refractivity contribution in [3.05, 3.63) is 88.1 Å². The molecule has 0 N–H and O–H groups in total. The summed E-state index contributed by atoms with van der Waals surface area (Å²) in [6.45, 7) is 6.61. The molecule has 228 valence electrons. The molecule has 0 saturated heterocycles. The average molecular weight is 621 g/mol. The summed E-state index contributed by atoms with van der Waals surface area (Å²) in [5.41, 5.74) is 2.53. The van der Waals surface area contributed by atoms with Crippen LogP contribution in [0.5, 0.6) is 17.2 Å². The SMILES string of the molecule is COc1ccc(COc2cccc(F)c2-c2c(Cl)cc3c4c(cnc3c2F)OCC2=C4CCN(C(=O)OC(C)(C)C)C2)cc1. The minimum atomic E-state index is -0.770. The molecule has 2 aliphatic rings. The van der Waals surface area contributed by atoms with Gasteiger partial charge in [0.1, 0.15) is 47.4 Å². The topological polar surface area (TPSA) is 70.1 Å². The molecular formula is C34H31ClF2N2O5. The predicted octanol–water partition coefficient (Wildman–Crippen LogP) is 8.21. The summed E-state index contributed by atoms with van der Waals surface area (Å²) >= 11 is 6.75. The molecule has 0 fully saturated rings. The van der Waals surface area contributed by atoms with Crippen molar-refractivity contribution in [3.8, 4) is 28.4 Å². The fraction of sp³-hybridized carbons (Fsp3) is 0.294. The van der Waals surface area contributed by atoms with E-state index in [4.69, 9.17) is 30.5 Å². The number of fused-ring (bicyclic) bond motifs is 4. The molecule has 3 aromatic carbocycles. The molecule has 0 unspecified atom stereocenters. The Kier molecular flexibility index (Phi) is 7.84. The monoisotopic (exact) mass is 620 g/mol. The summed E-state index contributed by atoms with van der Waals surface area (Å²) in [6, 6.07) is 13.2. The van der Waals surface area contributed by atoms with Crippen molar-refractivity contribution in [1.29, 1.82) is 0 Å². The van der Waals surface area contributed by atoms with Crippen LogP contribution < -0.4 is 14.2 Å². The number of carbonyl (C=O) groups excluding carboxylic acids is 1. The van der Waals surface area contributed by atoms with Crippen molar-refractivity contribution >= 4 is 34.2 Å². The van der Waals surface area contributed by atoms with Gasteiger partial charge in [-0.3, -0.25) is 0 Å². The van der Waals surface area contributed by atoms with Gasteiger partial charge in [0.25, 0.3) is 0 Å². The van der Waals surface area contributed by atoms with E-state index >= 15 is 8.78 Å². The first-order valence-electron chi connectivity index (χ1n) is 14.2. The zero-order valence-corrected chi connectivity index (χ0v) is 25.6. The van der Waals surface area contributed by atoms with Crippen LogP contribution in [-0.4, -0.2) is 48.4 Å². The fourth-order valence-electron chi connectivity index (χ4n) is 5.56.